The number of hydrogen-bond acceptors (Lipinski definition) is 8. The fourth-order valence-corrected chi connectivity index (χ4v) is 3.32. The molecule has 0 aromatic carbocycles. The first-order valence-electron chi connectivity index (χ1n) is 8.35. The van der Waals surface area contributed by atoms with Crippen LogP contribution < -0.4 is 45.8 Å². The molecule has 0 fully saturated rings. The molecule has 2 aliphatic heterocycles. The van der Waals surface area contributed by atoms with E-state index in [1.165, 1.54) is 40.8 Å². The van der Waals surface area contributed by atoms with Gasteiger partial charge in [-0.15, -0.1) is 0 Å². The van der Waals surface area contributed by atoms with Crippen LogP contribution in [0, 0.1) is 0 Å². The van der Waals surface area contributed by atoms with Crippen molar-refractivity contribution in [3.05, 3.63) is 56.9 Å². The summed E-state index contributed by atoms with van der Waals surface area (Å²) in [7, 11) is 1.32. The van der Waals surface area contributed by atoms with Gasteiger partial charge in [-0.2, -0.15) is 0 Å². The summed E-state index contributed by atoms with van der Waals surface area (Å²) in [5.41, 5.74) is -0.514. The van der Waals surface area contributed by atoms with Gasteiger partial charge in [0.2, 0.25) is 0 Å². The van der Waals surface area contributed by atoms with Gasteiger partial charge < -0.3 is 14.6 Å². The van der Waals surface area contributed by atoms with Crippen molar-refractivity contribution < 1.29 is 49.0 Å². The maximum atomic E-state index is 11.5. The SMILES string of the molecule is C.C.COC(=O)[C@@H]1CCc2nccc(=O)n21.O=C([O-])[C@@H]1CCc2nccc(=O)n21.[Na+]. The molecule has 2 aromatic heterocycles. The topological polar surface area (TPSA) is 136 Å². The molecule has 0 radical (unpaired) electrons. The first-order chi connectivity index (χ1) is 12.9. The van der Waals surface area contributed by atoms with Gasteiger partial charge in [0.25, 0.3) is 11.1 Å². The molecule has 0 amide bonds. The Balaban J connectivity index is 0.000000511. The van der Waals surface area contributed by atoms with E-state index in [4.69, 9.17) is 0 Å². The zero-order valence-corrected chi connectivity index (χ0v) is 17.5. The molecule has 158 valence electrons. The number of fused-ring (bicyclic) bond motifs is 2. The van der Waals surface area contributed by atoms with Gasteiger partial charge in [-0.3, -0.25) is 18.7 Å². The van der Waals surface area contributed by atoms with Crippen molar-refractivity contribution in [1.29, 1.82) is 0 Å². The molecule has 11 heteroatoms. The third-order valence-electron chi connectivity index (χ3n) is 4.56. The Labute approximate surface area is 196 Å². The molecule has 0 spiro atoms. The molecule has 4 heterocycles. The normalized spacial score (nSPS) is 17.5. The predicted octanol–water partition coefficient (Wildman–Crippen LogP) is -3.34. The number of esters is 1. The molecule has 4 rings (SSSR count). The van der Waals surface area contributed by atoms with E-state index < -0.39 is 18.1 Å². The second kappa shape index (κ2) is 11.8. The number of hydrogen-bond donors (Lipinski definition) is 0. The van der Waals surface area contributed by atoms with Gasteiger partial charge in [0.1, 0.15) is 17.7 Å². The van der Waals surface area contributed by atoms with Crippen LogP contribution in [-0.2, 0) is 27.2 Å². The Kier molecular flexibility index (Phi) is 10.9. The van der Waals surface area contributed by atoms with Crippen LogP contribution in [-0.4, -0.2) is 38.2 Å². The summed E-state index contributed by atoms with van der Waals surface area (Å²) < 4.78 is 7.22. The Morgan fingerprint density at radius 3 is 1.83 bits per heavy atom. The van der Waals surface area contributed by atoms with Crippen LogP contribution in [0.25, 0.3) is 0 Å². The average Bonchev–Trinajstić information content (AvgIpc) is 3.27. The van der Waals surface area contributed by atoms with Crippen molar-refractivity contribution in [3.63, 3.8) is 0 Å². The van der Waals surface area contributed by atoms with Gasteiger partial charge in [-0.05, 0) is 12.8 Å². The van der Waals surface area contributed by atoms with E-state index in [9.17, 15) is 24.3 Å². The molecule has 10 nitrogen and oxygen atoms in total. The molecule has 0 saturated carbocycles. The van der Waals surface area contributed by atoms with Gasteiger partial charge in [0, 0.05) is 37.4 Å². The number of methoxy groups -OCH3 is 1. The van der Waals surface area contributed by atoms with E-state index in [1.54, 1.807) is 0 Å². The number of carbonyl (C=O) groups excluding carboxylic acids is 2. The summed E-state index contributed by atoms with van der Waals surface area (Å²) in [5.74, 6) is -0.401. The second-order valence-electron chi connectivity index (χ2n) is 6.09. The molecule has 0 aliphatic carbocycles. The summed E-state index contributed by atoms with van der Waals surface area (Å²) in [4.78, 5) is 52.6. The van der Waals surface area contributed by atoms with E-state index >= 15 is 0 Å². The van der Waals surface area contributed by atoms with Gasteiger partial charge in [0.15, 0.2) is 0 Å². The smallest absolute Gasteiger partial charge is 0.548 e. The zero-order chi connectivity index (χ0) is 19.6. The number of carbonyl (C=O) groups is 2. The predicted molar refractivity (Wildman–Crippen MR) is 102 cm³/mol. The molecular formula is C19H25N4NaO6. The number of carboxylic acids is 1. The molecule has 2 aliphatic rings. The Hall–Kier alpha value is -2.30. The van der Waals surface area contributed by atoms with Gasteiger partial charge in [0.05, 0.1) is 19.1 Å². The summed E-state index contributed by atoms with van der Waals surface area (Å²) in [6.45, 7) is 0. The van der Waals surface area contributed by atoms with Crippen molar-refractivity contribution in [2.45, 2.75) is 52.6 Å². The van der Waals surface area contributed by atoms with Crippen LogP contribution in [0.4, 0.5) is 0 Å². The first kappa shape index (κ1) is 27.7. The van der Waals surface area contributed by atoms with Crippen molar-refractivity contribution in [2.75, 3.05) is 7.11 Å². The largest absolute Gasteiger partial charge is 1.00 e. The average molecular weight is 428 g/mol. The minimum Gasteiger partial charge on any atom is -0.548 e. The zero-order valence-electron chi connectivity index (χ0n) is 15.5. The van der Waals surface area contributed by atoms with Crippen LogP contribution in [0.1, 0.15) is 51.4 Å². The standard InChI is InChI=1S/C9H10N2O3.C8H8N2O3.2CH4.Na/c1-14-9(13)6-2-3-7-10-5-4-8(12)11(6)7;11-7-3-4-9-6-2-1-5(8(12)13)10(6)7;;;/h4-6H,2-3H2,1H3;3-5H,1-2H2,(H,12,13);2*1H4;/q;;;;+1/p-1/t6-;5-;;;/m00.../s1. The number of aliphatic carboxylic acids is 1. The van der Waals surface area contributed by atoms with E-state index in [-0.39, 0.29) is 61.5 Å². The molecule has 0 N–H and O–H groups in total. The maximum Gasteiger partial charge on any atom is 1.00 e. The minimum atomic E-state index is -1.21. The van der Waals surface area contributed by atoms with Crippen LogP contribution >= 0.6 is 0 Å². The van der Waals surface area contributed by atoms with Crippen molar-refractivity contribution in [1.82, 2.24) is 19.1 Å². The number of nitrogens with zero attached hydrogens (tertiary/aromatic N) is 4. The minimum absolute atomic E-state index is 0. The van der Waals surface area contributed by atoms with Crippen molar-refractivity contribution in [2.24, 2.45) is 0 Å². The molecule has 2 atom stereocenters. The number of rotatable bonds is 2. The summed E-state index contributed by atoms with van der Waals surface area (Å²) in [6, 6.07) is 1.28. The van der Waals surface area contributed by atoms with Crippen molar-refractivity contribution >= 4 is 11.9 Å². The monoisotopic (exact) mass is 428 g/mol. The number of aryl methyl sites for hydroxylation is 2. The van der Waals surface area contributed by atoms with E-state index in [0.29, 0.717) is 37.3 Å². The molecule has 2 aromatic rings. The first-order valence-corrected chi connectivity index (χ1v) is 8.35. The Bertz CT molecular complexity index is 1000. The van der Waals surface area contributed by atoms with Gasteiger partial charge >= 0.3 is 35.5 Å². The van der Waals surface area contributed by atoms with Gasteiger partial charge in [-0.1, -0.05) is 14.9 Å². The fourth-order valence-electron chi connectivity index (χ4n) is 3.32. The van der Waals surface area contributed by atoms with Gasteiger partial charge in [-0.25, -0.2) is 14.8 Å². The Morgan fingerprint density at radius 2 is 1.40 bits per heavy atom. The summed E-state index contributed by atoms with van der Waals surface area (Å²) in [6.07, 6.45) is 5.03. The fraction of sp³-hybridized carbons (Fsp3) is 0.474. The number of carboxylic acid groups (broad SMARTS) is 1. The van der Waals surface area contributed by atoms with Crippen LogP contribution in [0.3, 0.4) is 0 Å². The number of ether oxygens (including phenoxy) is 1. The molecular weight excluding hydrogens is 403 g/mol. The number of aromatic nitrogens is 4. The maximum absolute atomic E-state index is 11.5. The second-order valence-corrected chi connectivity index (χ2v) is 6.09. The quantitative estimate of drug-likeness (QED) is 0.358. The van der Waals surface area contributed by atoms with Crippen LogP contribution in [0.5, 0.6) is 0 Å². The third-order valence-corrected chi connectivity index (χ3v) is 4.56. The third kappa shape index (κ3) is 5.44. The molecule has 0 saturated heterocycles. The molecule has 30 heavy (non-hydrogen) atoms. The molecule has 0 bridgehead atoms. The van der Waals surface area contributed by atoms with Crippen LogP contribution in [0.15, 0.2) is 34.1 Å². The van der Waals surface area contributed by atoms with E-state index in [0.717, 1.165) is 0 Å². The van der Waals surface area contributed by atoms with E-state index in [1.807, 2.05) is 0 Å². The summed E-state index contributed by atoms with van der Waals surface area (Å²) >= 11 is 0. The van der Waals surface area contributed by atoms with Crippen molar-refractivity contribution in [3.8, 4) is 0 Å². The Morgan fingerprint density at radius 1 is 0.967 bits per heavy atom. The molecule has 0 unspecified atom stereocenters. The van der Waals surface area contributed by atoms with Crippen LogP contribution in [0.2, 0.25) is 0 Å². The summed E-state index contributed by atoms with van der Waals surface area (Å²) in [5, 5.41) is 10.6. The van der Waals surface area contributed by atoms with E-state index in [2.05, 4.69) is 14.7 Å².